The molecule has 0 radical (unpaired) electrons. The summed E-state index contributed by atoms with van der Waals surface area (Å²) < 4.78 is 0. The van der Waals surface area contributed by atoms with Gasteiger partial charge >= 0.3 is 0 Å². The predicted octanol–water partition coefficient (Wildman–Crippen LogP) is 2.74. The lowest BCUT2D eigenvalue weighted by molar-refractivity contribution is 0.00276. The smallest absolute Gasteiger partial charge is 0.160 e. The first-order valence-corrected chi connectivity index (χ1v) is 8.48. The fourth-order valence-corrected chi connectivity index (χ4v) is 4.39. The Balaban J connectivity index is 2.02. The normalized spacial score (nSPS) is 29.0. The molecule has 4 atom stereocenters. The van der Waals surface area contributed by atoms with Crippen molar-refractivity contribution in [3.05, 3.63) is 34.4 Å². The molecule has 0 spiro atoms. The first-order chi connectivity index (χ1) is 11.1. The number of benzene rings is 1. The standard InChI is InChI=1S/C20H25NO2/c1-4-5-18-13(2)17(14(3)23)6-7-19(18)20-11-21-9-8-15(20)10-16(21)12-22/h6-7,15-16,20,22H,8-12H2,1-3H3/t15-,16+,20-/m0/s1. The molecule has 3 saturated heterocycles. The molecule has 3 fully saturated rings. The number of ketones is 1. The van der Waals surface area contributed by atoms with Crippen LogP contribution in [0.25, 0.3) is 0 Å². The zero-order chi connectivity index (χ0) is 16.6. The van der Waals surface area contributed by atoms with Crippen molar-refractivity contribution in [3.63, 3.8) is 0 Å². The van der Waals surface area contributed by atoms with Crippen LogP contribution in [0.3, 0.4) is 0 Å². The number of rotatable bonds is 3. The molecule has 3 heterocycles. The fourth-order valence-electron chi connectivity index (χ4n) is 4.39. The van der Waals surface area contributed by atoms with Crippen LogP contribution in [0.4, 0.5) is 0 Å². The van der Waals surface area contributed by atoms with Crippen LogP contribution in [0, 0.1) is 24.7 Å². The topological polar surface area (TPSA) is 40.5 Å². The van der Waals surface area contributed by atoms with Crippen molar-refractivity contribution in [1.29, 1.82) is 0 Å². The van der Waals surface area contributed by atoms with Gasteiger partial charge in [-0.15, -0.1) is 5.92 Å². The second-order valence-electron chi connectivity index (χ2n) is 6.86. The third kappa shape index (κ3) is 2.82. The van der Waals surface area contributed by atoms with E-state index >= 15 is 0 Å². The maximum atomic E-state index is 11.8. The quantitative estimate of drug-likeness (QED) is 0.689. The summed E-state index contributed by atoms with van der Waals surface area (Å²) in [4.78, 5) is 14.3. The van der Waals surface area contributed by atoms with Crippen LogP contribution in [-0.4, -0.2) is 41.5 Å². The minimum atomic E-state index is 0.0995. The highest BCUT2D eigenvalue weighted by atomic mass is 16.3. The van der Waals surface area contributed by atoms with Crippen molar-refractivity contribution < 1.29 is 9.90 Å². The average Bonchev–Trinajstić information content (AvgIpc) is 2.56. The van der Waals surface area contributed by atoms with Gasteiger partial charge in [0.15, 0.2) is 5.78 Å². The van der Waals surface area contributed by atoms with Crippen molar-refractivity contribution in [2.24, 2.45) is 5.92 Å². The molecule has 3 aliphatic rings. The Morgan fingerprint density at radius 3 is 2.78 bits per heavy atom. The van der Waals surface area contributed by atoms with E-state index in [1.165, 1.54) is 12.0 Å². The van der Waals surface area contributed by atoms with Gasteiger partial charge in [-0.05, 0) is 57.2 Å². The molecular weight excluding hydrogens is 286 g/mol. The number of fused-ring (bicyclic) bond motifs is 3. The average molecular weight is 311 g/mol. The van der Waals surface area contributed by atoms with Crippen LogP contribution in [0.15, 0.2) is 12.1 Å². The molecular formula is C20H25NO2. The summed E-state index contributed by atoms with van der Waals surface area (Å²) in [6.07, 6.45) is 2.25. The molecule has 3 heteroatoms. The van der Waals surface area contributed by atoms with Crippen LogP contribution >= 0.6 is 0 Å². The molecule has 1 N–H and O–H groups in total. The number of hydrogen-bond donors (Lipinski definition) is 1. The highest BCUT2D eigenvalue weighted by Crippen LogP contribution is 2.43. The third-order valence-corrected chi connectivity index (χ3v) is 5.62. The molecule has 3 nitrogen and oxygen atoms in total. The molecule has 0 aromatic heterocycles. The Hall–Kier alpha value is -1.63. The van der Waals surface area contributed by atoms with E-state index in [4.69, 9.17) is 0 Å². The van der Waals surface area contributed by atoms with Crippen molar-refractivity contribution in [1.82, 2.24) is 4.90 Å². The minimum Gasteiger partial charge on any atom is -0.395 e. The van der Waals surface area contributed by atoms with Gasteiger partial charge in [0, 0.05) is 29.6 Å². The van der Waals surface area contributed by atoms with Gasteiger partial charge in [0.25, 0.3) is 0 Å². The van der Waals surface area contributed by atoms with Gasteiger partial charge in [0.2, 0.25) is 0 Å². The second-order valence-corrected chi connectivity index (χ2v) is 6.86. The first-order valence-electron chi connectivity index (χ1n) is 8.48. The predicted molar refractivity (Wildman–Crippen MR) is 91.6 cm³/mol. The Kier molecular flexibility index (Phi) is 4.57. The number of aliphatic hydroxyl groups excluding tert-OH is 1. The monoisotopic (exact) mass is 311 g/mol. The van der Waals surface area contributed by atoms with Gasteiger partial charge in [-0.2, -0.15) is 0 Å². The van der Waals surface area contributed by atoms with Gasteiger partial charge in [0.1, 0.15) is 0 Å². The lowest BCUT2D eigenvalue weighted by atomic mass is 9.71. The molecule has 0 aliphatic carbocycles. The number of carbonyl (C=O) groups excluding carboxylic acids is 1. The zero-order valence-corrected chi connectivity index (χ0v) is 14.2. The lowest BCUT2D eigenvalue weighted by Gasteiger charge is -2.50. The molecule has 122 valence electrons. The Labute approximate surface area is 138 Å². The summed E-state index contributed by atoms with van der Waals surface area (Å²) in [5.41, 5.74) is 4.12. The summed E-state index contributed by atoms with van der Waals surface area (Å²) in [6.45, 7) is 7.82. The molecule has 4 rings (SSSR count). The highest BCUT2D eigenvalue weighted by Gasteiger charge is 2.41. The SMILES string of the molecule is CC#Cc1c([C@H]2CN3CC[C@H]2C[C@@H]3CO)ccc(C(C)=O)c1C. The van der Waals surface area contributed by atoms with E-state index in [2.05, 4.69) is 22.8 Å². The number of hydrogen-bond acceptors (Lipinski definition) is 3. The van der Waals surface area contributed by atoms with Crippen molar-refractivity contribution in [3.8, 4) is 11.8 Å². The number of carbonyl (C=O) groups is 1. The van der Waals surface area contributed by atoms with Crippen molar-refractivity contribution in [2.45, 2.75) is 45.6 Å². The summed E-state index contributed by atoms with van der Waals surface area (Å²) in [5, 5.41) is 9.55. The minimum absolute atomic E-state index is 0.0995. The van der Waals surface area contributed by atoms with Gasteiger partial charge in [0.05, 0.1) is 6.61 Å². The van der Waals surface area contributed by atoms with E-state index in [1.807, 2.05) is 19.9 Å². The Bertz CT molecular complexity index is 683. The van der Waals surface area contributed by atoms with Crippen LogP contribution in [0.1, 0.15) is 59.7 Å². The van der Waals surface area contributed by atoms with Crippen molar-refractivity contribution in [2.75, 3.05) is 19.7 Å². The van der Waals surface area contributed by atoms with Crippen LogP contribution < -0.4 is 0 Å². The molecule has 1 unspecified atom stereocenters. The molecule has 2 bridgehead atoms. The van der Waals surface area contributed by atoms with Crippen molar-refractivity contribution >= 4 is 5.78 Å². The second kappa shape index (κ2) is 6.47. The highest BCUT2D eigenvalue weighted by molar-refractivity contribution is 5.96. The maximum absolute atomic E-state index is 11.8. The van der Waals surface area contributed by atoms with Crippen LogP contribution in [0.2, 0.25) is 0 Å². The fraction of sp³-hybridized carbons (Fsp3) is 0.550. The number of aliphatic hydroxyl groups is 1. The van der Waals surface area contributed by atoms with E-state index < -0.39 is 0 Å². The lowest BCUT2D eigenvalue weighted by Crippen LogP contribution is -2.53. The number of nitrogens with zero attached hydrogens (tertiary/aromatic N) is 1. The van der Waals surface area contributed by atoms with E-state index in [1.54, 1.807) is 6.92 Å². The molecule has 1 aromatic rings. The van der Waals surface area contributed by atoms with E-state index in [0.717, 1.165) is 36.2 Å². The van der Waals surface area contributed by atoms with Crippen LogP contribution in [0.5, 0.6) is 0 Å². The zero-order valence-electron chi connectivity index (χ0n) is 14.2. The van der Waals surface area contributed by atoms with Gasteiger partial charge in [-0.1, -0.05) is 18.1 Å². The van der Waals surface area contributed by atoms with Gasteiger partial charge < -0.3 is 5.11 Å². The number of piperidine rings is 3. The molecule has 23 heavy (non-hydrogen) atoms. The number of Topliss-reactive ketones (excluding diaryl/α,β-unsaturated/α-hetero) is 1. The molecule has 1 aromatic carbocycles. The maximum Gasteiger partial charge on any atom is 0.160 e. The molecule has 3 aliphatic heterocycles. The third-order valence-electron chi connectivity index (χ3n) is 5.62. The van der Waals surface area contributed by atoms with Crippen LogP contribution in [-0.2, 0) is 0 Å². The van der Waals surface area contributed by atoms with Gasteiger partial charge in [-0.3, -0.25) is 9.69 Å². The largest absolute Gasteiger partial charge is 0.395 e. The summed E-state index contributed by atoms with van der Waals surface area (Å²) in [6, 6.07) is 4.40. The summed E-state index contributed by atoms with van der Waals surface area (Å²) >= 11 is 0. The Morgan fingerprint density at radius 2 is 2.22 bits per heavy atom. The van der Waals surface area contributed by atoms with E-state index in [0.29, 0.717) is 17.9 Å². The van der Waals surface area contributed by atoms with E-state index in [9.17, 15) is 9.90 Å². The Morgan fingerprint density at radius 1 is 1.43 bits per heavy atom. The van der Waals surface area contributed by atoms with E-state index in [-0.39, 0.29) is 12.4 Å². The first kappa shape index (κ1) is 16.2. The summed E-state index contributed by atoms with van der Waals surface area (Å²) in [5.74, 6) is 7.44. The molecule has 0 amide bonds. The van der Waals surface area contributed by atoms with Gasteiger partial charge in [-0.25, -0.2) is 0 Å². The summed E-state index contributed by atoms with van der Waals surface area (Å²) in [7, 11) is 0. The molecule has 0 saturated carbocycles.